The normalized spacial score (nSPS) is 17.6. The van der Waals surface area contributed by atoms with E-state index in [4.69, 9.17) is 4.74 Å². The average molecular weight is 373 g/mol. The third-order valence-corrected chi connectivity index (χ3v) is 5.46. The number of carbonyl (C=O) groups is 1. The molecule has 0 aromatic heterocycles. The summed E-state index contributed by atoms with van der Waals surface area (Å²) in [7, 11) is 0. The molecule has 0 fully saturated rings. The highest BCUT2D eigenvalue weighted by Gasteiger charge is 2.34. The Morgan fingerprint density at radius 1 is 1.11 bits per heavy atom. The summed E-state index contributed by atoms with van der Waals surface area (Å²) in [6.07, 6.45) is 1.98. The maximum absolute atomic E-state index is 12.8. The Kier molecular flexibility index (Phi) is 4.84. The smallest absolute Gasteiger partial charge is 0.220 e. The minimum Gasteiger partial charge on any atom is -0.487 e. The summed E-state index contributed by atoms with van der Waals surface area (Å²) in [6.45, 7) is 6.21. The van der Waals surface area contributed by atoms with Gasteiger partial charge in [-0.15, -0.1) is 0 Å². The van der Waals surface area contributed by atoms with E-state index in [1.807, 2.05) is 6.07 Å². The van der Waals surface area contributed by atoms with Crippen LogP contribution in [0.3, 0.4) is 0 Å². The summed E-state index contributed by atoms with van der Waals surface area (Å²) >= 11 is 0. The van der Waals surface area contributed by atoms with Gasteiger partial charge in [-0.2, -0.15) is 0 Å². The van der Waals surface area contributed by atoms with Crippen molar-refractivity contribution < 1.29 is 9.53 Å². The zero-order chi connectivity index (χ0) is 19.7. The van der Waals surface area contributed by atoms with Crippen LogP contribution < -0.4 is 10.1 Å². The molecule has 0 spiro atoms. The van der Waals surface area contributed by atoms with Crippen molar-refractivity contribution >= 4 is 16.7 Å². The van der Waals surface area contributed by atoms with Gasteiger partial charge in [-0.05, 0) is 55.2 Å². The molecule has 3 aromatic carbocycles. The predicted octanol–water partition coefficient (Wildman–Crippen LogP) is 5.50. The van der Waals surface area contributed by atoms with Crippen molar-refractivity contribution in [3.05, 3.63) is 77.4 Å². The minimum absolute atomic E-state index is 0.0145. The molecule has 0 radical (unpaired) electrons. The molecular weight excluding hydrogens is 346 g/mol. The molecular formula is C25H27NO2. The molecule has 0 saturated heterocycles. The Balaban J connectivity index is 1.48. The molecule has 1 heterocycles. The van der Waals surface area contributed by atoms with E-state index in [-0.39, 0.29) is 17.6 Å². The van der Waals surface area contributed by atoms with E-state index < -0.39 is 0 Å². The second-order valence-electron chi connectivity index (χ2n) is 8.37. The van der Waals surface area contributed by atoms with E-state index in [9.17, 15) is 4.79 Å². The van der Waals surface area contributed by atoms with Crippen LogP contribution in [0.25, 0.3) is 10.8 Å². The number of rotatable bonds is 4. The van der Waals surface area contributed by atoms with E-state index in [2.05, 4.69) is 80.7 Å². The van der Waals surface area contributed by atoms with E-state index in [1.165, 1.54) is 16.3 Å². The molecule has 3 heteroatoms. The van der Waals surface area contributed by atoms with Gasteiger partial charge in [-0.25, -0.2) is 0 Å². The van der Waals surface area contributed by atoms with Crippen LogP contribution in [0, 0.1) is 6.92 Å². The van der Waals surface area contributed by atoms with Crippen molar-refractivity contribution in [1.82, 2.24) is 5.32 Å². The van der Waals surface area contributed by atoms with Crippen LogP contribution in [0.2, 0.25) is 0 Å². The molecule has 1 amide bonds. The fraction of sp³-hybridized carbons (Fsp3) is 0.320. The molecule has 1 aliphatic rings. The summed E-state index contributed by atoms with van der Waals surface area (Å²) in [5.74, 6) is 0.970. The monoisotopic (exact) mass is 373 g/mol. The molecule has 144 valence electrons. The fourth-order valence-electron chi connectivity index (χ4n) is 4.11. The molecule has 1 aliphatic heterocycles. The van der Waals surface area contributed by atoms with Crippen LogP contribution in [0.15, 0.2) is 60.7 Å². The van der Waals surface area contributed by atoms with E-state index in [1.54, 1.807) is 0 Å². The standard InChI is InChI=1S/C25H27NO2/c1-17-11-13-21-22(16-25(2,3)28-23(21)15-17)26-24(27)14-12-19-9-6-8-18-7-4-5-10-20(18)19/h4-11,13,15,22H,12,14,16H2,1-3H3,(H,26,27)/t22-/m0/s1. The number of ether oxygens (including phenoxy) is 1. The molecule has 0 saturated carbocycles. The highest BCUT2D eigenvalue weighted by atomic mass is 16.5. The number of fused-ring (bicyclic) bond motifs is 2. The van der Waals surface area contributed by atoms with Gasteiger partial charge in [-0.3, -0.25) is 4.79 Å². The third kappa shape index (κ3) is 3.89. The van der Waals surface area contributed by atoms with Gasteiger partial charge in [0.25, 0.3) is 0 Å². The van der Waals surface area contributed by atoms with Crippen LogP contribution in [0.5, 0.6) is 5.75 Å². The predicted molar refractivity (Wildman–Crippen MR) is 114 cm³/mol. The maximum atomic E-state index is 12.8. The van der Waals surface area contributed by atoms with Gasteiger partial charge in [0.15, 0.2) is 0 Å². The van der Waals surface area contributed by atoms with Gasteiger partial charge in [0, 0.05) is 18.4 Å². The van der Waals surface area contributed by atoms with Gasteiger partial charge >= 0.3 is 0 Å². The molecule has 0 bridgehead atoms. The highest BCUT2D eigenvalue weighted by molar-refractivity contribution is 5.86. The van der Waals surface area contributed by atoms with Crippen LogP contribution in [-0.2, 0) is 11.2 Å². The lowest BCUT2D eigenvalue weighted by molar-refractivity contribution is -0.122. The lowest BCUT2D eigenvalue weighted by atomic mass is 9.89. The van der Waals surface area contributed by atoms with E-state index in [0.717, 1.165) is 29.7 Å². The first-order chi connectivity index (χ1) is 13.4. The Morgan fingerprint density at radius 2 is 1.89 bits per heavy atom. The molecule has 0 aliphatic carbocycles. The van der Waals surface area contributed by atoms with Crippen LogP contribution in [-0.4, -0.2) is 11.5 Å². The quantitative estimate of drug-likeness (QED) is 0.656. The summed E-state index contributed by atoms with van der Waals surface area (Å²) in [4.78, 5) is 12.8. The van der Waals surface area contributed by atoms with Crippen molar-refractivity contribution in [3.63, 3.8) is 0 Å². The van der Waals surface area contributed by atoms with Crippen molar-refractivity contribution in [3.8, 4) is 5.75 Å². The van der Waals surface area contributed by atoms with Crippen LogP contribution in [0.1, 0.15) is 49.4 Å². The second-order valence-corrected chi connectivity index (χ2v) is 8.37. The SMILES string of the molecule is Cc1ccc2c(c1)OC(C)(C)C[C@@H]2NC(=O)CCc1cccc2ccccc12. The summed E-state index contributed by atoms with van der Waals surface area (Å²) < 4.78 is 6.14. The average Bonchev–Trinajstić information content (AvgIpc) is 2.65. The topological polar surface area (TPSA) is 38.3 Å². The van der Waals surface area contributed by atoms with Gasteiger partial charge in [0.1, 0.15) is 11.4 Å². The van der Waals surface area contributed by atoms with Crippen molar-refractivity contribution in [2.45, 2.75) is 51.7 Å². The molecule has 4 rings (SSSR count). The number of hydrogen-bond acceptors (Lipinski definition) is 2. The number of nitrogens with one attached hydrogen (secondary N) is 1. The number of aryl methyl sites for hydroxylation is 2. The first kappa shape index (κ1) is 18.5. The zero-order valence-electron chi connectivity index (χ0n) is 16.8. The van der Waals surface area contributed by atoms with E-state index in [0.29, 0.717) is 6.42 Å². The molecule has 1 N–H and O–H groups in total. The maximum Gasteiger partial charge on any atom is 0.220 e. The number of hydrogen-bond donors (Lipinski definition) is 1. The van der Waals surface area contributed by atoms with E-state index >= 15 is 0 Å². The summed E-state index contributed by atoms with van der Waals surface area (Å²) in [5.41, 5.74) is 3.16. The molecule has 3 nitrogen and oxygen atoms in total. The first-order valence-corrected chi connectivity index (χ1v) is 9.97. The zero-order valence-corrected chi connectivity index (χ0v) is 16.8. The van der Waals surface area contributed by atoms with Crippen LogP contribution >= 0.6 is 0 Å². The molecule has 0 unspecified atom stereocenters. The largest absolute Gasteiger partial charge is 0.487 e. The van der Waals surface area contributed by atoms with Gasteiger partial charge < -0.3 is 10.1 Å². The van der Waals surface area contributed by atoms with Gasteiger partial charge in [0.2, 0.25) is 5.91 Å². The Labute approximate surface area is 166 Å². The molecule has 3 aromatic rings. The third-order valence-electron chi connectivity index (χ3n) is 5.46. The molecule has 28 heavy (non-hydrogen) atoms. The summed E-state index contributed by atoms with van der Waals surface area (Å²) in [6, 6.07) is 20.8. The van der Waals surface area contributed by atoms with Crippen molar-refractivity contribution in [2.75, 3.05) is 0 Å². The first-order valence-electron chi connectivity index (χ1n) is 9.97. The number of carbonyl (C=O) groups excluding carboxylic acids is 1. The highest BCUT2D eigenvalue weighted by Crippen LogP contribution is 2.39. The lowest BCUT2D eigenvalue weighted by Crippen LogP contribution is -2.41. The van der Waals surface area contributed by atoms with Crippen molar-refractivity contribution in [2.24, 2.45) is 0 Å². The van der Waals surface area contributed by atoms with Gasteiger partial charge in [0.05, 0.1) is 6.04 Å². The minimum atomic E-state index is -0.297. The van der Waals surface area contributed by atoms with Crippen molar-refractivity contribution in [1.29, 1.82) is 0 Å². The summed E-state index contributed by atoms with van der Waals surface area (Å²) in [5, 5.41) is 5.70. The molecule has 1 atom stereocenters. The Morgan fingerprint density at radius 3 is 2.75 bits per heavy atom. The number of amides is 1. The van der Waals surface area contributed by atoms with Crippen LogP contribution in [0.4, 0.5) is 0 Å². The Hall–Kier alpha value is -2.81. The van der Waals surface area contributed by atoms with Gasteiger partial charge in [-0.1, -0.05) is 54.6 Å². The second kappa shape index (κ2) is 7.31. The Bertz CT molecular complexity index is 1020. The lowest BCUT2D eigenvalue weighted by Gasteiger charge is -2.38. The number of benzene rings is 3. The fourth-order valence-corrected chi connectivity index (χ4v) is 4.11.